The summed E-state index contributed by atoms with van der Waals surface area (Å²) >= 11 is 0. The zero-order valence-electron chi connectivity index (χ0n) is 14.2. The third kappa shape index (κ3) is 2.89. The average molecular weight is 302 g/mol. The first-order valence-corrected chi connectivity index (χ1v) is 8.74. The standard InChI is InChI=1S/C19H30N2O/c1-4-22-18(21(2)3)14-19(13-15-9-10-16(19)12-15)17-8-6-5-7-11-20-17/h5-8,11,15-16,18,20H,4,9-10,12-14H2,1-3H3. The molecule has 122 valence electrons. The molecule has 2 bridgehead atoms. The topological polar surface area (TPSA) is 24.5 Å². The Balaban J connectivity index is 1.89. The highest BCUT2D eigenvalue weighted by Crippen LogP contribution is 2.61. The number of hydrogen-bond donors (Lipinski definition) is 1. The van der Waals surface area contributed by atoms with Gasteiger partial charge in [-0.2, -0.15) is 0 Å². The van der Waals surface area contributed by atoms with Crippen LogP contribution in [0.25, 0.3) is 0 Å². The van der Waals surface area contributed by atoms with Gasteiger partial charge in [0.2, 0.25) is 0 Å². The molecule has 0 aromatic rings. The molecule has 3 aliphatic rings. The minimum Gasteiger partial charge on any atom is -0.365 e. The van der Waals surface area contributed by atoms with E-state index in [1.165, 1.54) is 31.4 Å². The van der Waals surface area contributed by atoms with Gasteiger partial charge in [0.25, 0.3) is 0 Å². The third-order valence-corrected chi connectivity index (χ3v) is 5.81. The first-order valence-electron chi connectivity index (χ1n) is 8.74. The molecule has 0 amide bonds. The molecule has 2 saturated carbocycles. The van der Waals surface area contributed by atoms with E-state index in [0.717, 1.165) is 24.9 Å². The number of allylic oxidation sites excluding steroid dienone is 5. The van der Waals surface area contributed by atoms with Crippen molar-refractivity contribution in [2.45, 2.75) is 45.3 Å². The van der Waals surface area contributed by atoms with E-state index in [2.05, 4.69) is 61.7 Å². The summed E-state index contributed by atoms with van der Waals surface area (Å²) in [6.07, 6.45) is 17.5. The molecule has 0 saturated heterocycles. The summed E-state index contributed by atoms with van der Waals surface area (Å²) in [7, 11) is 4.27. The highest BCUT2D eigenvalue weighted by atomic mass is 16.5. The van der Waals surface area contributed by atoms with Crippen LogP contribution in [0.2, 0.25) is 0 Å². The second-order valence-corrected chi connectivity index (χ2v) is 7.28. The minimum atomic E-state index is 0.197. The summed E-state index contributed by atoms with van der Waals surface area (Å²) in [6, 6.07) is 0. The Kier molecular flexibility index (Phi) is 4.74. The van der Waals surface area contributed by atoms with Crippen molar-refractivity contribution >= 4 is 0 Å². The van der Waals surface area contributed by atoms with Crippen molar-refractivity contribution < 1.29 is 4.74 Å². The van der Waals surface area contributed by atoms with Gasteiger partial charge in [0, 0.05) is 23.9 Å². The Hall–Kier alpha value is -1.06. The second-order valence-electron chi connectivity index (χ2n) is 7.28. The second kappa shape index (κ2) is 6.59. The fraction of sp³-hybridized carbons (Fsp3) is 0.684. The Bertz CT molecular complexity index is 480. The number of nitrogens with zero attached hydrogens (tertiary/aromatic N) is 1. The fourth-order valence-electron chi connectivity index (χ4n) is 4.80. The van der Waals surface area contributed by atoms with Crippen molar-refractivity contribution in [2.24, 2.45) is 17.3 Å². The van der Waals surface area contributed by atoms with E-state index >= 15 is 0 Å². The van der Waals surface area contributed by atoms with E-state index in [9.17, 15) is 0 Å². The summed E-state index contributed by atoms with van der Waals surface area (Å²) in [5.74, 6) is 1.72. The number of nitrogens with one attached hydrogen (secondary N) is 1. The molecule has 0 aromatic carbocycles. The predicted octanol–water partition coefficient (Wildman–Crippen LogP) is 3.66. The number of rotatable bonds is 6. The molecule has 3 heteroatoms. The fourth-order valence-corrected chi connectivity index (χ4v) is 4.80. The Morgan fingerprint density at radius 1 is 1.32 bits per heavy atom. The SMILES string of the molecule is CCOC(CC1(C2=CC=CC=CN2)CC2CCC1C2)N(C)C. The predicted molar refractivity (Wildman–Crippen MR) is 91.1 cm³/mol. The van der Waals surface area contributed by atoms with Crippen LogP contribution in [0, 0.1) is 17.3 Å². The van der Waals surface area contributed by atoms with Crippen molar-refractivity contribution in [1.29, 1.82) is 0 Å². The Labute approximate surface area is 135 Å². The third-order valence-electron chi connectivity index (χ3n) is 5.81. The van der Waals surface area contributed by atoms with Crippen LogP contribution in [0.15, 0.2) is 36.2 Å². The van der Waals surface area contributed by atoms with Crippen molar-refractivity contribution in [3.63, 3.8) is 0 Å². The minimum absolute atomic E-state index is 0.197. The number of hydrogen-bond acceptors (Lipinski definition) is 3. The normalized spacial score (nSPS) is 34.6. The summed E-state index contributed by atoms with van der Waals surface area (Å²) in [5.41, 5.74) is 1.66. The molecular formula is C19H30N2O. The van der Waals surface area contributed by atoms with Crippen LogP contribution in [-0.4, -0.2) is 31.8 Å². The van der Waals surface area contributed by atoms with Crippen LogP contribution in [0.4, 0.5) is 0 Å². The molecule has 0 aromatic heterocycles. The lowest BCUT2D eigenvalue weighted by molar-refractivity contribution is -0.0634. The maximum absolute atomic E-state index is 6.06. The molecule has 4 unspecified atom stereocenters. The van der Waals surface area contributed by atoms with Crippen molar-refractivity contribution in [3.05, 3.63) is 36.2 Å². The van der Waals surface area contributed by atoms with Gasteiger partial charge >= 0.3 is 0 Å². The van der Waals surface area contributed by atoms with E-state index in [1.807, 2.05) is 0 Å². The lowest BCUT2D eigenvalue weighted by Gasteiger charge is -2.43. The smallest absolute Gasteiger partial charge is 0.111 e. The van der Waals surface area contributed by atoms with E-state index in [-0.39, 0.29) is 11.6 Å². The molecule has 4 atom stereocenters. The molecule has 0 spiro atoms. The van der Waals surface area contributed by atoms with E-state index in [4.69, 9.17) is 4.74 Å². The number of fused-ring (bicyclic) bond motifs is 2. The van der Waals surface area contributed by atoms with E-state index < -0.39 is 0 Å². The van der Waals surface area contributed by atoms with Crippen LogP contribution >= 0.6 is 0 Å². The van der Waals surface area contributed by atoms with Crippen LogP contribution in [-0.2, 0) is 4.74 Å². The molecule has 2 fully saturated rings. The van der Waals surface area contributed by atoms with Crippen LogP contribution in [0.3, 0.4) is 0 Å². The van der Waals surface area contributed by atoms with Crippen LogP contribution < -0.4 is 5.32 Å². The molecule has 22 heavy (non-hydrogen) atoms. The van der Waals surface area contributed by atoms with Gasteiger partial charge in [-0.05, 0) is 70.7 Å². The monoisotopic (exact) mass is 302 g/mol. The lowest BCUT2D eigenvalue weighted by atomic mass is 9.67. The number of ether oxygens (including phenoxy) is 1. The first kappa shape index (κ1) is 15.8. The van der Waals surface area contributed by atoms with Gasteiger partial charge in [-0.3, -0.25) is 4.90 Å². The first-order chi connectivity index (χ1) is 10.7. The quantitative estimate of drug-likeness (QED) is 0.758. The molecule has 2 aliphatic carbocycles. The Morgan fingerprint density at radius 2 is 2.18 bits per heavy atom. The van der Waals surface area contributed by atoms with E-state index in [1.54, 1.807) is 0 Å². The Morgan fingerprint density at radius 3 is 2.82 bits per heavy atom. The highest BCUT2D eigenvalue weighted by Gasteiger charge is 2.53. The molecule has 1 aliphatic heterocycles. The average Bonchev–Trinajstić information content (AvgIpc) is 2.98. The van der Waals surface area contributed by atoms with Crippen molar-refractivity contribution in [2.75, 3.05) is 20.7 Å². The van der Waals surface area contributed by atoms with Crippen LogP contribution in [0.5, 0.6) is 0 Å². The molecule has 1 heterocycles. The summed E-state index contributed by atoms with van der Waals surface area (Å²) in [6.45, 7) is 2.87. The van der Waals surface area contributed by atoms with E-state index in [0.29, 0.717) is 0 Å². The molecule has 1 N–H and O–H groups in total. The summed E-state index contributed by atoms with van der Waals surface area (Å²) in [5, 5.41) is 3.58. The maximum atomic E-state index is 6.06. The van der Waals surface area contributed by atoms with Gasteiger partial charge < -0.3 is 10.1 Å². The maximum Gasteiger partial charge on any atom is 0.111 e. The molecule has 3 rings (SSSR count). The van der Waals surface area contributed by atoms with Crippen molar-refractivity contribution in [3.8, 4) is 0 Å². The van der Waals surface area contributed by atoms with Gasteiger partial charge in [0.1, 0.15) is 6.23 Å². The summed E-state index contributed by atoms with van der Waals surface area (Å²) < 4.78 is 6.06. The van der Waals surface area contributed by atoms with Gasteiger partial charge in [0.15, 0.2) is 0 Å². The van der Waals surface area contributed by atoms with Crippen LogP contribution in [0.1, 0.15) is 39.0 Å². The lowest BCUT2D eigenvalue weighted by Crippen LogP contribution is -2.43. The van der Waals surface area contributed by atoms with Gasteiger partial charge in [-0.25, -0.2) is 0 Å². The zero-order valence-corrected chi connectivity index (χ0v) is 14.2. The molecular weight excluding hydrogens is 272 g/mol. The molecule has 0 radical (unpaired) electrons. The van der Waals surface area contributed by atoms with Gasteiger partial charge in [-0.15, -0.1) is 0 Å². The summed E-state index contributed by atoms with van der Waals surface area (Å²) in [4.78, 5) is 2.24. The van der Waals surface area contributed by atoms with Gasteiger partial charge in [-0.1, -0.05) is 18.6 Å². The van der Waals surface area contributed by atoms with Gasteiger partial charge in [0.05, 0.1) is 0 Å². The largest absolute Gasteiger partial charge is 0.365 e. The van der Waals surface area contributed by atoms with Crippen molar-refractivity contribution in [1.82, 2.24) is 10.2 Å². The zero-order chi connectivity index (χ0) is 15.6. The molecule has 3 nitrogen and oxygen atoms in total. The highest BCUT2D eigenvalue weighted by molar-refractivity contribution is 5.29.